The van der Waals surface area contributed by atoms with Crippen molar-refractivity contribution in [2.24, 2.45) is 0 Å². The lowest BCUT2D eigenvalue weighted by molar-refractivity contribution is 0.652. The second kappa shape index (κ2) is 12.0. The van der Waals surface area contributed by atoms with Gasteiger partial charge in [0.2, 0.25) is 0 Å². The van der Waals surface area contributed by atoms with Crippen LogP contribution < -0.4 is 0 Å². The first kappa shape index (κ1) is 34.3. The molecule has 14 aliphatic rings. The van der Waals surface area contributed by atoms with Crippen LogP contribution in [-0.2, 0) is 32.5 Å². The molecule has 0 atom stereocenters. The molecule has 0 fully saturated rings. The Morgan fingerprint density at radius 2 is 0.444 bits per heavy atom. The van der Waals surface area contributed by atoms with Crippen molar-refractivity contribution < 1.29 is 0 Å². The third-order valence-corrected chi connectivity index (χ3v) is 13.3. The first-order valence-corrected chi connectivity index (χ1v) is 19.4. The molecule has 19 rings (SSSR count). The van der Waals surface area contributed by atoms with Crippen LogP contribution in [0.1, 0.15) is 74.9 Å². The third kappa shape index (κ3) is 5.64. The highest BCUT2D eigenvalue weighted by Crippen LogP contribution is 2.43. The van der Waals surface area contributed by atoms with Crippen LogP contribution in [0.4, 0.5) is 0 Å². The number of aromatic nitrogens is 1. The zero-order valence-electron chi connectivity index (χ0n) is 32.3. The lowest BCUT2D eigenvalue weighted by Gasteiger charge is -2.35. The molecule has 0 saturated heterocycles. The van der Waals surface area contributed by atoms with Crippen molar-refractivity contribution in [2.75, 3.05) is 0 Å². The molecule has 5 aromatic rings. The van der Waals surface area contributed by atoms with E-state index in [9.17, 15) is 0 Å². The predicted octanol–water partition coefficient (Wildman–Crippen LogP) is 12.8. The maximum absolute atomic E-state index is 5.12. The van der Waals surface area contributed by atoms with E-state index in [4.69, 9.17) is 4.98 Å². The molecule has 3 aliphatic carbocycles. The van der Waals surface area contributed by atoms with Crippen LogP contribution in [0.3, 0.4) is 0 Å². The van der Waals surface area contributed by atoms with Crippen LogP contribution in [0.25, 0.3) is 22.5 Å². The van der Waals surface area contributed by atoms with Gasteiger partial charge in [0.1, 0.15) is 0 Å². The topological polar surface area (TPSA) is 12.9 Å². The molecule has 1 heteroatoms. The molecule has 0 amide bonds. The summed E-state index contributed by atoms with van der Waals surface area (Å²) in [7, 11) is 0. The minimum Gasteiger partial charge on any atom is -0.248 e. The summed E-state index contributed by atoms with van der Waals surface area (Å²) in [5.41, 5.74) is 10.9. The van der Waals surface area contributed by atoms with Gasteiger partial charge in [0.05, 0.1) is 11.4 Å². The molecule has 0 radical (unpaired) electrons. The second-order valence-corrected chi connectivity index (χ2v) is 17.4. The monoisotopic (exact) mass is 699 g/mol. The lowest BCUT2D eigenvalue weighted by atomic mass is 9.68. The van der Waals surface area contributed by atoms with E-state index in [1.807, 2.05) is 0 Å². The van der Waals surface area contributed by atoms with Crippen molar-refractivity contribution in [3.63, 3.8) is 0 Å². The second-order valence-electron chi connectivity index (χ2n) is 17.4. The van der Waals surface area contributed by atoms with Gasteiger partial charge in [0.25, 0.3) is 0 Å². The van der Waals surface area contributed by atoms with E-state index in [1.54, 1.807) is 0 Å². The summed E-state index contributed by atoms with van der Waals surface area (Å²) in [5, 5.41) is 0. The van der Waals surface area contributed by atoms with Crippen molar-refractivity contribution in [3.05, 3.63) is 222 Å². The molecule has 12 heterocycles. The highest BCUT2D eigenvalue weighted by Gasteiger charge is 2.34. The smallest absolute Gasteiger partial charge is 0.0709 e. The molecule has 54 heavy (non-hydrogen) atoms. The van der Waals surface area contributed by atoms with Crippen LogP contribution in [0.15, 0.2) is 188 Å². The Morgan fingerprint density at radius 3 is 0.648 bits per heavy atom. The molecule has 16 bridgehead atoms. The Hall–Kier alpha value is -5.53. The van der Waals surface area contributed by atoms with Gasteiger partial charge in [0.15, 0.2) is 0 Å². The van der Waals surface area contributed by atoms with Crippen molar-refractivity contribution >= 4 is 0 Å². The molecule has 11 aliphatic heterocycles. The predicted molar refractivity (Wildman–Crippen MR) is 227 cm³/mol. The van der Waals surface area contributed by atoms with Crippen LogP contribution in [-0.4, -0.2) is 4.98 Å². The van der Waals surface area contributed by atoms with Gasteiger partial charge in [-0.15, -0.1) is 0 Å². The highest BCUT2D eigenvalue weighted by molar-refractivity contribution is 5.67. The van der Waals surface area contributed by atoms with E-state index in [0.29, 0.717) is 0 Å². The summed E-state index contributed by atoms with van der Waals surface area (Å²) in [5.74, 6) is 0. The quantitative estimate of drug-likeness (QED) is 0.147. The van der Waals surface area contributed by atoms with Crippen LogP contribution in [0.2, 0.25) is 0 Å². The Morgan fingerprint density at radius 1 is 0.259 bits per heavy atom. The average Bonchev–Trinajstić information content (AvgIpc) is 3.22. The fourth-order valence-electron chi connectivity index (χ4n) is 8.70. The van der Waals surface area contributed by atoms with Gasteiger partial charge < -0.3 is 0 Å². The molecule has 0 spiro atoms. The lowest BCUT2D eigenvalue weighted by Crippen LogP contribution is -2.28. The molecular weight excluding hydrogens is 651 g/mol. The zero-order chi connectivity index (χ0) is 37.4. The average molecular weight is 700 g/mol. The number of nitrogens with zero attached hydrogens (tertiary/aromatic N) is 1. The molecule has 1 aromatic heterocycles. The van der Waals surface area contributed by atoms with Gasteiger partial charge in [-0.3, -0.25) is 0 Å². The van der Waals surface area contributed by atoms with Crippen LogP contribution >= 0.6 is 0 Å². The largest absolute Gasteiger partial charge is 0.248 e. The fraction of sp³-hybridized carbons (Fsp3) is 0.226. The van der Waals surface area contributed by atoms with E-state index >= 15 is 0 Å². The highest BCUT2D eigenvalue weighted by atomic mass is 14.7. The van der Waals surface area contributed by atoms with Gasteiger partial charge in [-0.1, -0.05) is 176 Å². The summed E-state index contributed by atoms with van der Waals surface area (Å²) in [6.45, 7) is 13.9. The number of hydrogen-bond donors (Lipinski definition) is 0. The molecular formula is C53H49N. The van der Waals surface area contributed by atoms with Crippen LogP contribution in [0.5, 0.6) is 0 Å². The SMILES string of the molecule is CC12C=CC(C)(C=C1)c1ccc(cc1)C1(C)C=CC(C)(C=C1)c1ccc(cc1)C1(C)C=CC(C)(C=C1)c1ccc(cc1)-c1cccc(n1)-c1ccc2cc1. The van der Waals surface area contributed by atoms with Gasteiger partial charge in [0, 0.05) is 43.6 Å². The van der Waals surface area contributed by atoms with Crippen molar-refractivity contribution in [1.82, 2.24) is 4.98 Å². The van der Waals surface area contributed by atoms with E-state index in [1.165, 1.54) is 33.4 Å². The maximum atomic E-state index is 5.12. The maximum Gasteiger partial charge on any atom is 0.0709 e. The number of pyridine rings is 1. The summed E-state index contributed by atoms with van der Waals surface area (Å²) < 4.78 is 0. The summed E-state index contributed by atoms with van der Waals surface area (Å²) in [4.78, 5) is 5.12. The molecule has 1 nitrogen and oxygen atoms in total. The van der Waals surface area contributed by atoms with E-state index in [-0.39, 0.29) is 32.5 Å². The number of hydrogen-bond acceptors (Lipinski definition) is 1. The van der Waals surface area contributed by atoms with Gasteiger partial charge in [-0.05, 0) is 87.1 Å². The van der Waals surface area contributed by atoms with Gasteiger partial charge in [-0.2, -0.15) is 0 Å². The molecule has 0 N–H and O–H groups in total. The summed E-state index contributed by atoms with van der Waals surface area (Å²) >= 11 is 0. The van der Waals surface area contributed by atoms with Gasteiger partial charge in [-0.25, -0.2) is 4.98 Å². The van der Waals surface area contributed by atoms with E-state index < -0.39 is 0 Å². The first-order chi connectivity index (χ1) is 25.8. The molecule has 4 aromatic carbocycles. The number of rotatable bonds is 0. The molecule has 0 saturated carbocycles. The van der Waals surface area contributed by atoms with Crippen LogP contribution in [0, 0.1) is 0 Å². The zero-order valence-corrected chi connectivity index (χ0v) is 32.3. The molecule has 0 unspecified atom stereocenters. The fourth-order valence-corrected chi connectivity index (χ4v) is 8.70. The Bertz CT molecular complexity index is 2210. The number of allylic oxidation sites excluding steroid dienone is 12. The van der Waals surface area contributed by atoms with Gasteiger partial charge >= 0.3 is 0 Å². The third-order valence-electron chi connectivity index (χ3n) is 13.3. The normalized spacial score (nSPS) is 31.5. The Labute approximate surface area is 321 Å². The standard InChI is InChI=1S/C53H49N/c1-48-26-30-50(3,31-27-48)42-18-22-44(23-19-42)52(5)34-36-53(6,37-35-52)45-24-20-43(21-25-45)51(4)32-28-49(2,29-33-51)41-16-12-39(13-17-41)47-9-7-8-46(54-47)38-10-14-40(48)15-11-38/h7-37H,1-6H3. The molecule has 266 valence electrons. The van der Waals surface area contributed by atoms with E-state index in [0.717, 1.165) is 22.5 Å². The van der Waals surface area contributed by atoms with Crippen molar-refractivity contribution in [1.29, 1.82) is 0 Å². The van der Waals surface area contributed by atoms with E-state index in [2.05, 4.69) is 230 Å². The van der Waals surface area contributed by atoms with Crippen molar-refractivity contribution in [3.8, 4) is 22.5 Å². The number of benzene rings is 4. The summed E-state index contributed by atoms with van der Waals surface area (Å²) in [6, 6.07) is 42.7. The van der Waals surface area contributed by atoms with Crippen molar-refractivity contribution in [2.45, 2.75) is 74.0 Å². The Kier molecular flexibility index (Phi) is 7.60. The minimum absolute atomic E-state index is 0.170. The first-order valence-electron chi connectivity index (χ1n) is 19.4. The Balaban J connectivity index is 1.10. The summed E-state index contributed by atoms with van der Waals surface area (Å²) in [6.07, 6.45) is 28.6. The minimum atomic E-state index is -0.190.